The molecule has 1 heterocycles. The molecule has 36 heavy (non-hydrogen) atoms. The Bertz CT molecular complexity index is 1880. The van der Waals surface area contributed by atoms with Crippen molar-refractivity contribution in [1.82, 2.24) is 4.98 Å². The van der Waals surface area contributed by atoms with Gasteiger partial charge < -0.3 is 0 Å². The largest absolute Gasteiger partial charge is 0.256 e. The van der Waals surface area contributed by atoms with Gasteiger partial charge in [0.15, 0.2) is 0 Å². The predicted octanol–water partition coefficient (Wildman–Crippen LogP) is 9.60. The smallest absolute Gasteiger partial charge is 0.0708 e. The second-order valence-electron chi connectivity index (χ2n) is 9.69. The van der Waals surface area contributed by atoms with Gasteiger partial charge in [0.2, 0.25) is 0 Å². The van der Waals surface area contributed by atoms with Crippen LogP contribution in [0.1, 0.15) is 11.1 Å². The van der Waals surface area contributed by atoms with E-state index in [1.54, 1.807) is 0 Å². The molecule has 6 aromatic carbocycles. The molecule has 1 heteroatoms. The van der Waals surface area contributed by atoms with Gasteiger partial charge in [-0.15, -0.1) is 0 Å². The van der Waals surface area contributed by atoms with Gasteiger partial charge in [-0.25, -0.2) is 0 Å². The number of aryl methyl sites for hydroxylation is 1. The number of nitrogens with zero attached hydrogens (tertiary/aromatic N) is 1. The fourth-order valence-electron chi connectivity index (χ4n) is 5.79. The number of hydrogen-bond donors (Lipinski definition) is 0. The van der Waals surface area contributed by atoms with E-state index < -0.39 is 0 Å². The van der Waals surface area contributed by atoms with Gasteiger partial charge >= 0.3 is 0 Å². The molecular weight excluding hydrogens is 434 g/mol. The van der Waals surface area contributed by atoms with Crippen LogP contribution in [0.4, 0.5) is 0 Å². The molecule has 1 aromatic heterocycles. The molecule has 0 saturated carbocycles. The van der Waals surface area contributed by atoms with E-state index in [1.807, 2.05) is 6.20 Å². The van der Waals surface area contributed by atoms with Crippen LogP contribution in [-0.2, 0) is 0 Å². The maximum absolute atomic E-state index is 4.97. The second-order valence-corrected chi connectivity index (χ2v) is 9.69. The van der Waals surface area contributed by atoms with Crippen LogP contribution in [0.3, 0.4) is 0 Å². The van der Waals surface area contributed by atoms with E-state index in [2.05, 4.69) is 123 Å². The van der Waals surface area contributed by atoms with Crippen LogP contribution in [0, 0.1) is 13.8 Å². The summed E-state index contributed by atoms with van der Waals surface area (Å²) in [5, 5.41) is 7.78. The van der Waals surface area contributed by atoms with Gasteiger partial charge in [-0.3, -0.25) is 4.98 Å². The fourth-order valence-corrected chi connectivity index (χ4v) is 5.79. The fraction of sp³-hybridized carbons (Fsp3) is 0.0571. The Morgan fingerprint density at radius 3 is 1.92 bits per heavy atom. The third-order valence-corrected chi connectivity index (χ3v) is 7.65. The van der Waals surface area contributed by atoms with Gasteiger partial charge in [0.1, 0.15) is 0 Å². The van der Waals surface area contributed by atoms with Gasteiger partial charge in [0, 0.05) is 17.3 Å². The highest BCUT2D eigenvalue weighted by Gasteiger charge is 2.14. The molecule has 0 aliphatic carbocycles. The summed E-state index contributed by atoms with van der Waals surface area (Å²) in [5.74, 6) is 0. The van der Waals surface area contributed by atoms with Crippen molar-refractivity contribution in [2.45, 2.75) is 13.8 Å². The molecule has 0 aliphatic heterocycles. The molecule has 0 fully saturated rings. The normalized spacial score (nSPS) is 11.6. The molecule has 170 valence electrons. The van der Waals surface area contributed by atoms with Crippen molar-refractivity contribution in [2.75, 3.05) is 0 Å². The van der Waals surface area contributed by atoms with Gasteiger partial charge in [0.05, 0.1) is 5.69 Å². The summed E-state index contributed by atoms with van der Waals surface area (Å²) in [7, 11) is 0. The Morgan fingerprint density at radius 1 is 0.472 bits per heavy atom. The Morgan fingerprint density at radius 2 is 1.14 bits per heavy atom. The van der Waals surface area contributed by atoms with Crippen LogP contribution in [0.5, 0.6) is 0 Å². The number of hydrogen-bond acceptors (Lipinski definition) is 1. The Kier molecular flexibility index (Phi) is 4.65. The third kappa shape index (κ3) is 3.13. The molecule has 1 nitrogen and oxygen atoms in total. The zero-order chi connectivity index (χ0) is 24.2. The lowest BCUT2D eigenvalue weighted by atomic mass is 9.90. The van der Waals surface area contributed by atoms with Crippen LogP contribution < -0.4 is 0 Å². The van der Waals surface area contributed by atoms with Gasteiger partial charge in [-0.1, -0.05) is 103 Å². The molecule has 7 aromatic rings. The number of pyridine rings is 1. The maximum atomic E-state index is 4.97. The highest BCUT2D eigenvalue weighted by Crippen LogP contribution is 2.39. The molecular formula is C35H25N. The Labute approximate surface area is 211 Å². The lowest BCUT2D eigenvalue weighted by Crippen LogP contribution is -1.92. The van der Waals surface area contributed by atoms with Crippen molar-refractivity contribution in [1.29, 1.82) is 0 Å². The maximum Gasteiger partial charge on any atom is 0.0708 e. The van der Waals surface area contributed by atoms with Crippen LogP contribution in [0.25, 0.3) is 65.8 Å². The van der Waals surface area contributed by atoms with E-state index in [4.69, 9.17) is 4.98 Å². The van der Waals surface area contributed by atoms with E-state index in [0.29, 0.717) is 0 Å². The standard InChI is InChI=1S/C35H25N/c1-22-7-3-4-10-28(22)30-12-6-11-29(23(30)2)27-17-20-33(36-21-27)31-18-15-26-14-13-24-8-5-9-25-16-19-32(31)35(26)34(24)25/h3-21H,1-2H3. The lowest BCUT2D eigenvalue weighted by Gasteiger charge is -2.15. The molecule has 0 aliphatic rings. The van der Waals surface area contributed by atoms with E-state index in [-0.39, 0.29) is 0 Å². The van der Waals surface area contributed by atoms with E-state index in [1.165, 1.54) is 65.7 Å². The highest BCUT2D eigenvalue weighted by molar-refractivity contribution is 6.25. The van der Waals surface area contributed by atoms with E-state index in [0.717, 1.165) is 11.3 Å². The van der Waals surface area contributed by atoms with Gasteiger partial charge in [0.25, 0.3) is 0 Å². The van der Waals surface area contributed by atoms with Crippen molar-refractivity contribution in [2.24, 2.45) is 0 Å². The molecule has 0 unspecified atom stereocenters. The van der Waals surface area contributed by atoms with Gasteiger partial charge in [-0.2, -0.15) is 0 Å². The second kappa shape index (κ2) is 8.03. The summed E-state index contributed by atoms with van der Waals surface area (Å²) < 4.78 is 0. The number of benzene rings is 6. The average Bonchev–Trinajstić information content (AvgIpc) is 2.92. The zero-order valence-corrected chi connectivity index (χ0v) is 20.4. The third-order valence-electron chi connectivity index (χ3n) is 7.65. The molecule has 0 radical (unpaired) electrons. The molecule has 0 spiro atoms. The lowest BCUT2D eigenvalue weighted by molar-refractivity contribution is 1.32. The minimum absolute atomic E-state index is 1.00. The van der Waals surface area contributed by atoms with Crippen molar-refractivity contribution >= 4 is 32.3 Å². The molecule has 0 atom stereocenters. The van der Waals surface area contributed by atoms with E-state index in [9.17, 15) is 0 Å². The topological polar surface area (TPSA) is 12.9 Å². The summed E-state index contributed by atoms with van der Waals surface area (Å²) in [5.41, 5.74) is 9.69. The molecule has 0 amide bonds. The van der Waals surface area contributed by atoms with Crippen LogP contribution in [-0.4, -0.2) is 4.98 Å². The van der Waals surface area contributed by atoms with Gasteiger partial charge in [-0.05, 0) is 80.0 Å². The first kappa shape index (κ1) is 20.8. The molecule has 0 bridgehead atoms. The summed E-state index contributed by atoms with van der Waals surface area (Å²) in [6.07, 6.45) is 2.03. The SMILES string of the molecule is Cc1ccccc1-c1cccc(-c2ccc(-c3ccc4ccc5cccc6ccc3c4c56)nc2)c1C. The van der Waals surface area contributed by atoms with Crippen molar-refractivity contribution in [3.63, 3.8) is 0 Å². The number of rotatable bonds is 3. The minimum atomic E-state index is 1.00. The minimum Gasteiger partial charge on any atom is -0.256 e. The first-order valence-corrected chi connectivity index (χ1v) is 12.5. The monoisotopic (exact) mass is 459 g/mol. The average molecular weight is 460 g/mol. The zero-order valence-electron chi connectivity index (χ0n) is 20.4. The van der Waals surface area contributed by atoms with Crippen molar-refractivity contribution < 1.29 is 0 Å². The first-order chi connectivity index (χ1) is 17.7. The Hall–Kier alpha value is -4.49. The first-order valence-electron chi connectivity index (χ1n) is 12.5. The summed E-state index contributed by atoms with van der Waals surface area (Å²) in [6.45, 7) is 4.39. The molecule has 7 rings (SSSR count). The van der Waals surface area contributed by atoms with Crippen LogP contribution in [0.2, 0.25) is 0 Å². The predicted molar refractivity (Wildman–Crippen MR) is 154 cm³/mol. The Balaban J connectivity index is 1.35. The van der Waals surface area contributed by atoms with Crippen molar-refractivity contribution in [3.8, 4) is 33.5 Å². The molecule has 0 saturated heterocycles. The summed E-state index contributed by atoms with van der Waals surface area (Å²) in [4.78, 5) is 4.97. The quantitative estimate of drug-likeness (QED) is 0.240. The highest BCUT2D eigenvalue weighted by atomic mass is 14.7. The molecule has 0 N–H and O–H groups in total. The number of aromatic nitrogens is 1. The van der Waals surface area contributed by atoms with Crippen LogP contribution in [0.15, 0.2) is 115 Å². The van der Waals surface area contributed by atoms with Crippen molar-refractivity contribution in [3.05, 3.63) is 127 Å². The van der Waals surface area contributed by atoms with Crippen LogP contribution >= 0.6 is 0 Å². The van der Waals surface area contributed by atoms with E-state index >= 15 is 0 Å². The summed E-state index contributed by atoms with van der Waals surface area (Å²) >= 11 is 0. The summed E-state index contributed by atoms with van der Waals surface area (Å²) in [6, 6.07) is 39.5.